The van der Waals surface area contributed by atoms with E-state index in [1.165, 1.54) is 12.1 Å². The minimum atomic E-state index is -3.05. The van der Waals surface area contributed by atoms with Crippen molar-refractivity contribution in [3.8, 4) is 0 Å². The zero-order chi connectivity index (χ0) is 12.9. The number of alkyl halides is 2. The van der Waals surface area contributed by atoms with Crippen LogP contribution in [0.5, 0.6) is 0 Å². The Labute approximate surface area is 103 Å². The molecule has 1 aromatic carbocycles. The molecule has 0 radical (unpaired) electrons. The summed E-state index contributed by atoms with van der Waals surface area (Å²) in [5.41, 5.74) is 5.23. The van der Waals surface area contributed by atoms with Crippen LogP contribution in [0.15, 0.2) is 30.3 Å². The first kappa shape index (κ1) is 14.3. The summed E-state index contributed by atoms with van der Waals surface area (Å²) in [6.45, 7) is 2.05. The van der Waals surface area contributed by atoms with E-state index in [-0.39, 0.29) is 10.8 Å². The highest BCUT2D eigenvalue weighted by Crippen LogP contribution is 2.29. The van der Waals surface area contributed by atoms with Gasteiger partial charge in [0.05, 0.1) is 5.75 Å². The lowest BCUT2D eigenvalue weighted by molar-refractivity contribution is 0.0221. The van der Waals surface area contributed by atoms with Crippen molar-refractivity contribution in [1.82, 2.24) is 0 Å². The van der Waals surface area contributed by atoms with Crippen molar-refractivity contribution in [2.75, 3.05) is 12.3 Å². The molecule has 2 nitrogen and oxygen atoms in total. The molecule has 0 saturated carbocycles. The Kier molecular flexibility index (Phi) is 5.21. The molecule has 0 amide bonds. The Morgan fingerprint density at radius 2 is 1.94 bits per heavy atom. The molecule has 0 fully saturated rings. The summed E-state index contributed by atoms with van der Waals surface area (Å²) in [7, 11) is -1.56. The Bertz CT molecular complexity index is 370. The molecule has 0 bridgehead atoms. The fourth-order valence-electron chi connectivity index (χ4n) is 1.45. The Morgan fingerprint density at radius 3 is 2.47 bits per heavy atom. The van der Waals surface area contributed by atoms with Gasteiger partial charge in [0.15, 0.2) is 0 Å². The van der Waals surface area contributed by atoms with Crippen molar-refractivity contribution >= 4 is 10.8 Å². The van der Waals surface area contributed by atoms with Gasteiger partial charge < -0.3 is 5.73 Å². The average Bonchev–Trinajstić information content (AvgIpc) is 2.30. The number of halogens is 2. The van der Waals surface area contributed by atoms with Crippen LogP contribution in [0.1, 0.15) is 18.9 Å². The van der Waals surface area contributed by atoms with Gasteiger partial charge in [0, 0.05) is 21.6 Å². The SMILES string of the molecule is CC(CCN)S(=O)CC(F)(F)c1ccccc1. The minimum Gasteiger partial charge on any atom is -0.330 e. The van der Waals surface area contributed by atoms with Gasteiger partial charge in [-0.1, -0.05) is 37.3 Å². The molecule has 96 valence electrons. The van der Waals surface area contributed by atoms with Crippen LogP contribution < -0.4 is 5.73 Å². The van der Waals surface area contributed by atoms with E-state index in [2.05, 4.69) is 0 Å². The highest BCUT2D eigenvalue weighted by atomic mass is 32.2. The van der Waals surface area contributed by atoms with Crippen LogP contribution >= 0.6 is 0 Å². The maximum Gasteiger partial charge on any atom is 0.284 e. The summed E-state index contributed by atoms with van der Waals surface area (Å²) in [6, 6.07) is 7.48. The Balaban J connectivity index is 2.70. The average molecular weight is 261 g/mol. The standard InChI is InChI=1S/C12H17F2NOS/c1-10(7-8-15)17(16)9-12(13,14)11-5-3-2-4-6-11/h2-6,10H,7-9,15H2,1H3. The van der Waals surface area contributed by atoms with E-state index in [1.807, 2.05) is 0 Å². The molecule has 0 aliphatic rings. The third-order valence-corrected chi connectivity index (χ3v) is 4.32. The second kappa shape index (κ2) is 6.21. The molecule has 5 heteroatoms. The van der Waals surface area contributed by atoms with Crippen molar-refractivity contribution in [3.63, 3.8) is 0 Å². The van der Waals surface area contributed by atoms with Crippen LogP contribution in [-0.4, -0.2) is 21.8 Å². The van der Waals surface area contributed by atoms with Crippen LogP contribution in [0.4, 0.5) is 8.78 Å². The first-order valence-electron chi connectivity index (χ1n) is 5.48. The topological polar surface area (TPSA) is 43.1 Å². The van der Waals surface area contributed by atoms with Gasteiger partial charge in [-0.25, -0.2) is 8.78 Å². The van der Waals surface area contributed by atoms with Crippen LogP contribution in [0.2, 0.25) is 0 Å². The number of hydrogen-bond donors (Lipinski definition) is 1. The summed E-state index contributed by atoms with van der Waals surface area (Å²) in [4.78, 5) is 0. The normalized spacial score (nSPS) is 15.5. The van der Waals surface area contributed by atoms with Crippen molar-refractivity contribution in [2.45, 2.75) is 24.5 Å². The predicted molar refractivity (Wildman–Crippen MR) is 66.5 cm³/mol. The summed E-state index contributed by atoms with van der Waals surface area (Å²) in [6.07, 6.45) is 0.498. The second-order valence-electron chi connectivity index (χ2n) is 3.98. The number of benzene rings is 1. The van der Waals surface area contributed by atoms with Gasteiger partial charge in [0.2, 0.25) is 0 Å². The molecular formula is C12H17F2NOS. The zero-order valence-electron chi connectivity index (χ0n) is 9.74. The molecule has 2 unspecified atom stereocenters. The molecule has 0 spiro atoms. The lowest BCUT2D eigenvalue weighted by atomic mass is 10.1. The highest BCUT2D eigenvalue weighted by Gasteiger charge is 2.34. The quantitative estimate of drug-likeness (QED) is 0.853. The van der Waals surface area contributed by atoms with Crippen molar-refractivity contribution in [1.29, 1.82) is 0 Å². The molecule has 0 heterocycles. The van der Waals surface area contributed by atoms with Crippen molar-refractivity contribution in [3.05, 3.63) is 35.9 Å². The highest BCUT2D eigenvalue weighted by molar-refractivity contribution is 7.85. The smallest absolute Gasteiger partial charge is 0.284 e. The minimum absolute atomic E-state index is 0.0895. The molecule has 1 aromatic rings. The summed E-state index contributed by atoms with van der Waals surface area (Å²) in [5, 5.41) is -0.297. The van der Waals surface area contributed by atoms with E-state index in [9.17, 15) is 13.0 Å². The van der Waals surface area contributed by atoms with Crippen molar-refractivity contribution < 1.29 is 13.0 Å². The van der Waals surface area contributed by atoms with Gasteiger partial charge in [-0.05, 0) is 13.0 Å². The van der Waals surface area contributed by atoms with Gasteiger partial charge in [0.1, 0.15) is 0 Å². The summed E-state index contributed by atoms with van der Waals surface area (Å²) in [5.74, 6) is -3.69. The second-order valence-corrected chi connectivity index (χ2v) is 5.84. The van der Waals surface area contributed by atoms with Gasteiger partial charge in [-0.15, -0.1) is 0 Å². The van der Waals surface area contributed by atoms with Crippen LogP contribution in [0.3, 0.4) is 0 Å². The molecule has 0 saturated heterocycles. The fourth-order valence-corrected chi connectivity index (χ4v) is 2.66. The summed E-state index contributed by atoms with van der Waals surface area (Å²) < 4.78 is 39.3. The van der Waals surface area contributed by atoms with Gasteiger partial charge >= 0.3 is 0 Å². The lowest BCUT2D eigenvalue weighted by Crippen LogP contribution is -2.28. The lowest BCUT2D eigenvalue weighted by Gasteiger charge is -2.18. The zero-order valence-corrected chi connectivity index (χ0v) is 10.6. The van der Waals surface area contributed by atoms with Crippen molar-refractivity contribution in [2.24, 2.45) is 5.73 Å². The molecule has 2 N–H and O–H groups in total. The molecule has 0 aliphatic carbocycles. The van der Waals surface area contributed by atoms with E-state index in [0.717, 1.165) is 0 Å². The van der Waals surface area contributed by atoms with E-state index < -0.39 is 22.5 Å². The number of hydrogen-bond acceptors (Lipinski definition) is 2. The summed E-state index contributed by atoms with van der Waals surface area (Å²) >= 11 is 0. The van der Waals surface area contributed by atoms with Gasteiger partial charge in [0.25, 0.3) is 5.92 Å². The van der Waals surface area contributed by atoms with Crippen LogP contribution in [0.25, 0.3) is 0 Å². The molecule has 2 atom stereocenters. The number of nitrogens with two attached hydrogens (primary N) is 1. The monoisotopic (exact) mass is 261 g/mol. The largest absolute Gasteiger partial charge is 0.330 e. The van der Waals surface area contributed by atoms with E-state index >= 15 is 0 Å². The Morgan fingerprint density at radius 1 is 1.35 bits per heavy atom. The molecular weight excluding hydrogens is 244 g/mol. The molecule has 1 rings (SSSR count). The van der Waals surface area contributed by atoms with Crippen LogP contribution in [0, 0.1) is 0 Å². The maximum atomic E-state index is 13.8. The third kappa shape index (κ3) is 4.16. The fraction of sp³-hybridized carbons (Fsp3) is 0.500. The first-order chi connectivity index (χ1) is 7.97. The molecule has 17 heavy (non-hydrogen) atoms. The third-order valence-electron chi connectivity index (χ3n) is 2.54. The van der Waals surface area contributed by atoms with E-state index in [0.29, 0.717) is 13.0 Å². The first-order valence-corrected chi connectivity index (χ1v) is 6.86. The maximum absolute atomic E-state index is 13.8. The van der Waals surface area contributed by atoms with Gasteiger partial charge in [-0.3, -0.25) is 4.21 Å². The number of rotatable bonds is 6. The predicted octanol–water partition coefficient (Wildman–Crippen LogP) is 2.26. The molecule has 0 aromatic heterocycles. The van der Waals surface area contributed by atoms with E-state index in [4.69, 9.17) is 5.73 Å². The Hall–Kier alpha value is -0.810. The molecule has 0 aliphatic heterocycles. The van der Waals surface area contributed by atoms with Crippen LogP contribution in [-0.2, 0) is 16.7 Å². The van der Waals surface area contributed by atoms with E-state index in [1.54, 1.807) is 25.1 Å². The van der Waals surface area contributed by atoms with Gasteiger partial charge in [-0.2, -0.15) is 0 Å².